The topological polar surface area (TPSA) is 173 Å². The largest absolute Gasteiger partial charge is 0.450 e. The molecule has 0 radical (unpaired) electrons. The van der Waals surface area contributed by atoms with Crippen LogP contribution in [0.25, 0.3) is 11.5 Å². The Labute approximate surface area is 176 Å². The van der Waals surface area contributed by atoms with Crippen LogP contribution in [-0.2, 0) is 19.1 Å². The zero-order valence-corrected chi connectivity index (χ0v) is 17.1. The van der Waals surface area contributed by atoms with Crippen LogP contribution in [0.15, 0.2) is 33.9 Å². The summed E-state index contributed by atoms with van der Waals surface area (Å²) in [6, 6.07) is 5.62. The zero-order valence-electron chi connectivity index (χ0n) is 16.3. The van der Waals surface area contributed by atoms with Gasteiger partial charge in [0, 0.05) is 17.8 Å². The van der Waals surface area contributed by atoms with Crippen LogP contribution < -0.4 is 16.8 Å². The Hall–Kier alpha value is -3.12. The molecule has 1 atom stereocenters. The molecule has 0 aliphatic heterocycles. The number of aromatic nitrogens is 2. The number of amides is 1. The summed E-state index contributed by atoms with van der Waals surface area (Å²) in [4.78, 5) is 35.5. The van der Waals surface area contributed by atoms with Crippen LogP contribution in [0.3, 0.4) is 0 Å². The maximum absolute atomic E-state index is 12.0. The molecule has 5 N–H and O–H groups in total. The molecule has 0 saturated carbocycles. The summed E-state index contributed by atoms with van der Waals surface area (Å²) in [5.41, 5.74) is 12.4. The fraction of sp³-hybridized carbons (Fsp3) is 0.389. The first-order chi connectivity index (χ1) is 14.4. The highest BCUT2D eigenvalue weighted by Gasteiger charge is 2.24. The standard InChI is InChI=1S/C18H23N5O6S/c1-2-3-8-27-17(26)21-13(9-19)16(25)28-14(24)10-30-18-23-22-15(29-18)11-4-6-12(20)7-5-11/h4-7,13H,2-3,8-10,19-20H2,1H3,(H,21,26). The first-order valence-electron chi connectivity index (χ1n) is 9.13. The van der Waals surface area contributed by atoms with Crippen molar-refractivity contribution in [1.82, 2.24) is 15.5 Å². The number of hydrogen-bond donors (Lipinski definition) is 3. The number of carbonyl (C=O) groups excluding carboxylic acids is 3. The van der Waals surface area contributed by atoms with E-state index in [1.807, 2.05) is 6.92 Å². The van der Waals surface area contributed by atoms with E-state index in [4.69, 9.17) is 25.4 Å². The van der Waals surface area contributed by atoms with Crippen molar-refractivity contribution in [2.75, 3.05) is 24.6 Å². The van der Waals surface area contributed by atoms with Gasteiger partial charge in [0.1, 0.15) is 11.8 Å². The van der Waals surface area contributed by atoms with Crippen LogP contribution in [0.2, 0.25) is 0 Å². The minimum Gasteiger partial charge on any atom is -0.450 e. The molecule has 2 aromatic rings. The van der Waals surface area contributed by atoms with Crippen molar-refractivity contribution in [1.29, 1.82) is 0 Å². The highest BCUT2D eigenvalue weighted by molar-refractivity contribution is 7.99. The molecule has 162 valence electrons. The molecule has 11 nitrogen and oxygen atoms in total. The summed E-state index contributed by atoms with van der Waals surface area (Å²) in [6.45, 7) is 1.90. The second-order valence-corrected chi connectivity index (χ2v) is 6.93. The number of ether oxygens (including phenoxy) is 2. The summed E-state index contributed by atoms with van der Waals surface area (Å²) < 4.78 is 15.0. The number of anilines is 1. The Morgan fingerprint density at radius 1 is 1.23 bits per heavy atom. The van der Waals surface area contributed by atoms with E-state index in [1.54, 1.807) is 24.3 Å². The van der Waals surface area contributed by atoms with Crippen LogP contribution in [0.5, 0.6) is 0 Å². The third-order valence-electron chi connectivity index (χ3n) is 3.64. The molecule has 2 rings (SSSR count). The number of nitrogen functional groups attached to an aromatic ring is 1. The lowest BCUT2D eigenvalue weighted by molar-refractivity contribution is -0.159. The number of carbonyl (C=O) groups is 3. The van der Waals surface area contributed by atoms with E-state index in [2.05, 4.69) is 15.5 Å². The molecule has 12 heteroatoms. The van der Waals surface area contributed by atoms with Gasteiger partial charge in [-0.2, -0.15) is 0 Å². The van der Waals surface area contributed by atoms with Gasteiger partial charge in [-0.1, -0.05) is 25.1 Å². The lowest BCUT2D eigenvalue weighted by Crippen LogP contribution is -2.47. The zero-order chi connectivity index (χ0) is 21.9. The van der Waals surface area contributed by atoms with Crippen molar-refractivity contribution in [3.63, 3.8) is 0 Å². The van der Waals surface area contributed by atoms with Gasteiger partial charge in [0.15, 0.2) is 0 Å². The molecule has 0 aliphatic carbocycles. The number of unbranched alkanes of at least 4 members (excludes halogenated alkanes) is 1. The highest BCUT2D eigenvalue weighted by atomic mass is 32.2. The molecule has 1 unspecified atom stereocenters. The van der Waals surface area contributed by atoms with Gasteiger partial charge in [-0.15, -0.1) is 10.2 Å². The number of esters is 2. The minimum absolute atomic E-state index is 0.124. The predicted octanol–water partition coefficient (Wildman–Crippen LogP) is 1.33. The van der Waals surface area contributed by atoms with Gasteiger partial charge in [-0.25, -0.2) is 9.59 Å². The number of alkyl carbamates (subject to hydrolysis) is 1. The second kappa shape index (κ2) is 11.8. The fourth-order valence-electron chi connectivity index (χ4n) is 2.05. The Morgan fingerprint density at radius 3 is 2.63 bits per heavy atom. The molecule has 1 aromatic heterocycles. The van der Waals surface area contributed by atoms with Gasteiger partial charge in [-0.05, 0) is 30.7 Å². The number of nitrogens with one attached hydrogen (secondary N) is 1. The average molecular weight is 437 g/mol. The lowest BCUT2D eigenvalue weighted by atomic mass is 10.2. The van der Waals surface area contributed by atoms with Crippen LogP contribution in [0.4, 0.5) is 10.5 Å². The quantitative estimate of drug-likeness (QED) is 0.161. The summed E-state index contributed by atoms with van der Waals surface area (Å²) in [6.07, 6.45) is 0.735. The molecule has 1 aromatic carbocycles. The van der Waals surface area contributed by atoms with Gasteiger partial charge < -0.3 is 30.7 Å². The third-order valence-corrected chi connectivity index (χ3v) is 4.43. The second-order valence-electron chi connectivity index (χ2n) is 6.00. The van der Waals surface area contributed by atoms with Crippen molar-refractivity contribution in [3.05, 3.63) is 24.3 Å². The van der Waals surface area contributed by atoms with E-state index in [0.717, 1.165) is 18.2 Å². The number of hydrogen-bond acceptors (Lipinski definition) is 11. The van der Waals surface area contributed by atoms with E-state index in [1.165, 1.54) is 0 Å². The molecular weight excluding hydrogens is 414 g/mol. The SMILES string of the molecule is CCCCOC(=O)NC(CN)C(=O)OC(=O)CSc1nnc(-c2ccc(N)cc2)o1. The number of nitrogens with two attached hydrogens (primary N) is 2. The molecule has 1 heterocycles. The van der Waals surface area contributed by atoms with Crippen molar-refractivity contribution in [3.8, 4) is 11.5 Å². The smallest absolute Gasteiger partial charge is 0.407 e. The van der Waals surface area contributed by atoms with E-state index in [-0.39, 0.29) is 30.0 Å². The van der Waals surface area contributed by atoms with Crippen LogP contribution >= 0.6 is 11.8 Å². The van der Waals surface area contributed by atoms with Crippen molar-refractivity contribution >= 4 is 35.5 Å². The minimum atomic E-state index is -1.20. The predicted molar refractivity (Wildman–Crippen MR) is 108 cm³/mol. The van der Waals surface area contributed by atoms with E-state index < -0.39 is 24.1 Å². The van der Waals surface area contributed by atoms with Gasteiger partial charge in [0.25, 0.3) is 5.22 Å². The molecule has 1 amide bonds. The van der Waals surface area contributed by atoms with Crippen LogP contribution in [0, 0.1) is 0 Å². The van der Waals surface area contributed by atoms with Gasteiger partial charge in [-0.3, -0.25) is 4.79 Å². The third kappa shape index (κ3) is 7.37. The van der Waals surface area contributed by atoms with Crippen LogP contribution in [-0.4, -0.2) is 53.2 Å². The van der Waals surface area contributed by atoms with Crippen molar-refractivity contribution < 1.29 is 28.3 Å². The van der Waals surface area contributed by atoms with Gasteiger partial charge >= 0.3 is 18.0 Å². The van der Waals surface area contributed by atoms with E-state index >= 15 is 0 Å². The molecule has 0 bridgehead atoms. The van der Waals surface area contributed by atoms with E-state index in [0.29, 0.717) is 17.7 Å². The monoisotopic (exact) mass is 437 g/mol. The highest BCUT2D eigenvalue weighted by Crippen LogP contribution is 2.23. The van der Waals surface area contributed by atoms with E-state index in [9.17, 15) is 14.4 Å². The number of thioether (sulfide) groups is 1. The summed E-state index contributed by atoms with van der Waals surface area (Å²) in [5.74, 6) is -1.83. The molecule has 0 fully saturated rings. The first kappa shape index (κ1) is 23.2. The Bertz CT molecular complexity index is 857. The summed E-state index contributed by atoms with van der Waals surface area (Å²) in [7, 11) is 0. The Kier molecular flexibility index (Phi) is 9.09. The molecule has 30 heavy (non-hydrogen) atoms. The lowest BCUT2D eigenvalue weighted by Gasteiger charge is -2.14. The molecule has 0 spiro atoms. The maximum Gasteiger partial charge on any atom is 0.407 e. The summed E-state index contributed by atoms with van der Waals surface area (Å²) in [5, 5.41) is 10.1. The fourth-order valence-corrected chi connectivity index (χ4v) is 2.59. The first-order valence-corrected chi connectivity index (χ1v) is 10.1. The Balaban J connectivity index is 1.79. The van der Waals surface area contributed by atoms with Gasteiger partial charge in [0.2, 0.25) is 5.89 Å². The molecule has 0 aliphatic rings. The molecule has 0 saturated heterocycles. The molecular formula is C18H23N5O6S. The van der Waals surface area contributed by atoms with Crippen LogP contribution in [0.1, 0.15) is 19.8 Å². The number of rotatable bonds is 10. The number of nitrogens with zero attached hydrogens (tertiary/aromatic N) is 2. The average Bonchev–Trinajstić information content (AvgIpc) is 3.20. The number of benzene rings is 1. The van der Waals surface area contributed by atoms with Gasteiger partial charge in [0.05, 0.1) is 6.61 Å². The maximum atomic E-state index is 12.0. The Morgan fingerprint density at radius 2 is 1.97 bits per heavy atom. The van der Waals surface area contributed by atoms with Crippen molar-refractivity contribution in [2.24, 2.45) is 5.73 Å². The normalized spacial score (nSPS) is 11.5. The van der Waals surface area contributed by atoms with Crippen molar-refractivity contribution in [2.45, 2.75) is 31.0 Å². The summed E-state index contributed by atoms with van der Waals surface area (Å²) >= 11 is 0.901.